The molecular weight excluding hydrogens is 528 g/mol. The average molecular weight is 559 g/mol. The molecule has 4 aromatic rings. The van der Waals surface area contributed by atoms with Crippen LogP contribution in [0.25, 0.3) is 16.8 Å². The average Bonchev–Trinajstić information content (AvgIpc) is 3.29. The first-order valence-electron chi connectivity index (χ1n) is 13.1. The van der Waals surface area contributed by atoms with Gasteiger partial charge in [-0.05, 0) is 61.4 Å². The molecule has 2 heterocycles. The molecule has 0 saturated carbocycles. The summed E-state index contributed by atoms with van der Waals surface area (Å²) in [5.41, 5.74) is 1.46. The highest BCUT2D eigenvalue weighted by Crippen LogP contribution is 2.35. The number of methoxy groups -OCH3 is 1. The van der Waals surface area contributed by atoms with E-state index in [0.29, 0.717) is 52.0 Å². The number of hydrogen-bond donors (Lipinski definition) is 0. The highest BCUT2D eigenvalue weighted by Gasteiger charge is 2.31. The molecule has 206 valence electrons. The van der Waals surface area contributed by atoms with E-state index >= 15 is 0 Å². The van der Waals surface area contributed by atoms with Crippen molar-refractivity contribution in [2.24, 2.45) is 4.99 Å². The Bertz CT molecular complexity index is 1790. The summed E-state index contributed by atoms with van der Waals surface area (Å²) in [5, 5.41) is 2.01. The van der Waals surface area contributed by atoms with Crippen LogP contribution < -0.4 is 29.1 Å². The van der Waals surface area contributed by atoms with Gasteiger partial charge >= 0.3 is 5.97 Å². The summed E-state index contributed by atoms with van der Waals surface area (Å²) in [5.74, 6) is 1.24. The second-order valence-corrected chi connectivity index (χ2v) is 9.89. The Morgan fingerprint density at radius 3 is 2.40 bits per heavy atom. The van der Waals surface area contributed by atoms with Gasteiger partial charge in [-0.1, -0.05) is 47.7 Å². The third-order valence-corrected chi connectivity index (χ3v) is 7.51. The van der Waals surface area contributed by atoms with Gasteiger partial charge in [0.15, 0.2) is 16.3 Å². The number of ether oxygens (including phenoxy) is 4. The first-order chi connectivity index (χ1) is 19.5. The van der Waals surface area contributed by atoms with Crippen LogP contribution in [-0.4, -0.2) is 37.5 Å². The summed E-state index contributed by atoms with van der Waals surface area (Å²) in [4.78, 5) is 31.9. The predicted octanol–water partition coefficient (Wildman–Crippen LogP) is 4.37. The fourth-order valence-corrected chi connectivity index (χ4v) is 5.78. The summed E-state index contributed by atoms with van der Waals surface area (Å²) in [6.07, 6.45) is 3.33. The van der Waals surface area contributed by atoms with Gasteiger partial charge in [-0.25, -0.2) is 9.79 Å². The minimum atomic E-state index is -0.764. The fraction of sp³-hybridized carbons (Fsp3) is 0.258. The lowest BCUT2D eigenvalue weighted by molar-refractivity contribution is -0.136. The molecule has 0 bridgehead atoms. The van der Waals surface area contributed by atoms with Gasteiger partial charge in [0.05, 0.1) is 43.1 Å². The second kappa shape index (κ2) is 11.8. The number of aromatic nitrogens is 1. The first kappa shape index (κ1) is 27.2. The summed E-state index contributed by atoms with van der Waals surface area (Å²) in [6.45, 7) is 7.10. The third-order valence-electron chi connectivity index (χ3n) is 6.51. The van der Waals surface area contributed by atoms with Crippen LogP contribution >= 0.6 is 11.3 Å². The Kier molecular flexibility index (Phi) is 8.02. The predicted molar refractivity (Wildman–Crippen MR) is 155 cm³/mol. The second-order valence-electron chi connectivity index (χ2n) is 8.88. The zero-order valence-electron chi connectivity index (χ0n) is 22.8. The number of carbonyl (C=O) groups is 1. The van der Waals surface area contributed by atoms with E-state index in [1.807, 2.05) is 69.3 Å². The summed E-state index contributed by atoms with van der Waals surface area (Å²) in [6, 6.07) is 16.5. The zero-order valence-corrected chi connectivity index (χ0v) is 23.6. The minimum absolute atomic E-state index is 0.244. The number of hydrogen-bond acceptors (Lipinski definition) is 8. The number of fused-ring (bicyclic) bond motifs is 2. The van der Waals surface area contributed by atoms with E-state index in [2.05, 4.69) is 4.99 Å². The number of benzene rings is 3. The molecule has 1 aliphatic heterocycles. The molecule has 9 heteroatoms. The third kappa shape index (κ3) is 5.00. The van der Waals surface area contributed by atoms with Gasteiger partial charge < -0.3 is 18.9 Å². The van der Waals surface area contributed by atoms with E-state index in [-0.39, 0.29) is 11.1 Å². The maximum absolute atomic E-state index is 14.0. The summed E-state index contributed by atoms with van der Waals surface area (Å²) < 4.78 is 24.6. The summed E-state index contributed by atoms with van der Waals surface area (Å²) in [7, 11) is 1.31. The van der Waals surface area contributed by atoms with Crippen molar-refractivity contribution in [3.8, 4) is 17.2 Å². The van der Waals surface area contributed by atoms with Gasteiger partial charge in [-0.2, -0.15) is 0 Å². The SMILES string of the molecule is CCOc1ccc([C@@H]2C(C(=O)OC)=CN=c3s/c(=C\c4c(OCC)ccc5ccccc45)c(=O)n32)cc1OCC. The van der Waals surface area contributed by atoms with Crippen LogP contribution in [0.15, 0.2) is 76.2 Å². The molecule has 1 atom stereocenters. The molecule has 0 saturated heterocycles. The monoisotopic (exact) mass is 558 g/mol. The van der Waals surface area contributed by atoms with Crippen molar-refractivity contribution in [1.29, 1.82) is 0 Å². The highest BCUT2D eigenvalue weighted by atomic mass is 32.1. The van der Waals surface area contributed by atoms with E-state index in [4.69, 9.17) is 18.9 Å². The Morgan fingerprint density at radius 2 is 1.65 bits per heavy atom. The van der Waals surface area contributed by atoms with Crippen LogP contribution in [0.1, 0.15) is 37.9 Å². The molecule has 1 aromatic heterocycles. The molecular formula is C31H30N2O6S. The first-order valence-corrected chi connectivity index (χ1v) is 14.0. The van der Waals surface area contributed by atoms with Crippen molar-refractivity contribution in [3.63, 3.8) is 0 Å². The highest BCUT2D eigenvalue weighted by molar-refractivity contribution is 7.07. The molecule has 40 heavy (non-hydrogen) atoms. The molecule has 8 nitrogen and oxygen atoms in total. The van der Waals surface area contributed by atoms with Gasteiger partial charge in [-0.3, -0.25) is 9.36 Å². The zero-order chi connectivity index (χ0) is 28.2. The molecule has 0 radical (unpaired) electrons. The maximum Gasteiger partial charge on any atom is 0.337 e. The quantitative estimate of drug-likeness (QED) is 0.284. The van der Waals surface area contributed by atoms with E-state index < -0.39 is 12.0 Å². The normalized spacial score (nSPS) is 14.8. The Balaban J connectivity index is 1.73. The van der Waals surface area contributed by atoms with Crippen LogP contribution in [0, 0.1) is 0 Å². The largest absolute Gasteiger partial charge is 0.493 e. The van der Waals surface area contributed by atoms with Gasteiger partial charge in [0.2, 0.25) is 0 Å². The van der Waals surface area contributed by atoms with Crippen molar-refractivity contribution in [1.82, 2.24) is 4.57 Å². The van der Waals surface area contributed by atoms with Crippen LogP contribution in [0.5, 0.6) is 17.2 Å². The van der Waals surface area contributed by atoms with Crippen molar-refractivity contribution in [2.45, 2.75) is 26.8 Å². The number of esters is 1. The number of thiazole rings is 1. The lowest BCUT2D eigenvalue weighted by Crippen LogP contribution is -2.39. The van der Waals surface area contributed by atoms with Gasteiger partial charge in [0, 0.05) is 11.8 Å². The summed E-state index contributed by atoms with van der Waals surface area (Å²) >= 11 is 1.26. The van der Waals surface area contributed by atoms with Crippen molar-refractivity contribution in [2.75, 3.05) is 26.9 Å². The molecule has 3 aromatic carbocycles. The lowest BCUT2D eigenvalue weighted by atomic mass is 9.97. The molecule has 0 spiro atoms. The molecule has 1 aliphatic rings. The standard InChI is InChI=1S/C31H30N2O6S/c1-5-37-24-14-12-19-10-8-9-11-21(19)22(24)17-27-29(34)33-28(23(30(35)36-4)18-32-31(33)40-27)20-13-15-25(38-6-2)26(16-20)39-7-3/h8-18,28H,5-7H2,1-4H3/b27-17-/t28-/m1/s1. The van der Waals surface area contributed by atoms with Crippen LogP contribution in [0.3, 0.4) is 0 Å². The molecule has 5 rings (SSSR count). The van der Waals surface area contributed by atoms with Crippen LogP contribution in [0.2, 0.25) is 0 Å². The van der Waals surface area contributed by atoms with Gasteiger partial charge in [-0.15, -0.1) is 0 Å². The number of rotatable bonds is 9. The van der Waals surface area contributed by atoms with Gasteiger partial charge in [0.1, 0.15) is 5.75 Å². The van der Waals surface area contributed by atoms with Gasteiger partial charge in [0.25, 0.3) is 5.56 Å². The molecule has 0 unspecified atom stereocenters. The fourth-order valence-electron chi connectivity index (χ4n) is 4.82. The molecule has 0 fully saturated rings. The van der Waals surface area contributed by atoms with Crippen LogP contribution in [-0.2, 0) is 9.53 Å². The molecule has 0 aliphatic carbocycles. The van der Waals surface area contributed by atoms with E-state index in [1.165, 1.54) is 24.6 Å². The van der Waals surface area contributed by atoms with E-state index in [9.17, 15) is 9.59 Å². The van der Waals surface area contributed by atoms with Crippen molar-refractivity contribution >= 4 is 34.2 Å². The maximum atomic E-state index is 14.0. The number of nitrogens with zero attached hydrogens (tertiary/aromatic N) is 2. The smallest absolute Gasteiger partial charge is 0.337 e. The Morgan fingerprint density at radius 1 is 0.950 bits per heavy atom. The van der Waals surface area contributed by atoms with Crippen molar-refractivity contribution < 1.29 is 23.7 Å². The van der Waals surface area contributed by atoms with E-state index in [1.54, 1.807) is 16.7 Å². The van der Waals surface area contributed by atoms with Crippen molar-refractivity contribution in [3.05, 3.63) is 97.2 Å². The lowest BCUT2D eigenvalue weighted by Gasteiger charge is -2.23. The molecule has 0 N–H and O–H groups in total. The Labute approximate surface area is 235 Å². The topological polar surface area (TPSA) is 88.4 Å². The minimum Gasteiger partial charge on any atom is -0.493 e. The number of carbonyl (C=O) groups excluding carboxylic acids is 1. The molecule has 0 amide bonds. The Hall–Kier alpha value is -4.37. The van der Waals surface area contributed by atoms with E-state index in [0.717, 1.165) is 16.3 Å². The van der Waals surface area contributed by atoms with Crippen LogP contribution in [0.4, 0.5) is 0 Å².